The summed E-state index contributed by atoms with van der Waals surface area (Å²) in [4.78, 5) is 4.93. The second-order valence-corrected chi connectivity index (χ2v) is 6.81. The van der Waals surface area contributed by atoms with Gasteiger partial charge in [0.2, 0.25) is 0 Å². The summed E-state index contributed by atoms with van der Waals surface area (Å²) < 4.78 is 7.81. The van der Waals surface area contributed by atoms with Gasteiger partial charge in [-0.15, -0.1) is 0 Å². The van der Waals surface area contributed by atoms with Crippen molar-refractivity contribution < 1.29 is 4.42 Å². The summed E-state index contributed by atoms with van der Waals surface area (Å²) >= 11 is 0. The van der Waals surface area contributed by atoms with E-state index in [-0.39, 0.29) is 0 Å². The maximum absolute atomic E-state index is 5.92. The lowest BCUT2D eigenvalue weighted by atomic mass is 10.0. The molecule has 3 heterocycles. The van der Waals surface area contributed by atoms with Crippen LogP contribution in [0.25, 0.3) is 0 Å². The summed E-state index contributed by atoms with van der Waals surface area (Å²) in [7, 11) is 6.35. The van der Waals surface area contributed by atoms with Crippen LogP contribution in [0.2, 0.25) is 0 Å². The van der Waals surface area contributed by atoms with Crippen molar-refractivity contribution in [1.29, 1.82) is 0 Å². The van der Waals surface area contributed by atoms with Gasteiger partial charge in [-0.3, -0.25) is 9.58 Å². The average Bonchev–Trinajstić information content (AvgIpc) is 3.22. The number of rotatable bonds is 6. The molecule has 5 nitrogen and oxygen atoms in total. The van der Waals surface area contributed by atoms with Crippen molar-refractivity contribution in [3.05, 3.63) is 41.6 Å². The van der Waals surface area contributed by atoms with Gasteiger partial charge < -0.3 is 9.32 Å². The predicted molar refractivity (Wildman–Crippen MR) is 91.3 cm³/mol. The standard InChI is InChI=1S/C18H28N4O/c1-5-15-6-7-16(23-15)13-22-9-8-17(20(2)3)18(22)10-14-11-19-21(4)12-14/h6-7,11-12,17-18H,5,8-10,13H2,1-4H3/t17-,18+/m1/s1. The first-order chi connectivity index (χ1) is 11.1. The number of hydrogen-bond acceptors (Lipinski definition) is 4. The van der Waals surface area contributed by atoms with Gasteiger partial charge in [0.1, 0.15) is 11.5 Å². The summed E-state index contributed by atoms with van der Waals surface area (Å²) in [5.41, 5.74) is 1.31. The third kappa shape index (κ3) is 3.67. The van der Waals surface area contributed by atoms with Crippen LogP contribution in [0.4, 0.5) is 0 Å². The molecule has 5 heteroatoms. The predicted octanol–water partition coefficient (Wildman–Crippen LogP) is 2.32. The quantitative estimate of drug-likeness (QED) is 0.820. The molecule has 0 aliphatic carbocycles. The molecule has 1 fully saturated rings. The average molecular weight is 316 g/mol. The Morgan fingerprint density at radius 1 is 1.30 bits per heavy atom. The molecule has 23 heavy (non-hydrogen) atoms. The van der Waals surface area contributed by atoms with Crippen molar-refractivity contribution >= 4 is 0 Å². The van der Waals surface area contributed by atoms with Gasteiger partial charge in [0.05, 0.1) is 12.7 Å². The van der Waals surface area contributed by atoms with Crippen molar-refractivity contribution in [1.82, 2.24) is 19.6 Å². The molecule has 0 radical (unpaired) electrons. The minimum Gasteiger partial charge on any atom is -0.465 e. The molecule has 0 amide bonds. The highest BCUT2D eigenvalue weighted by Gasteiger charge is 2.35. The molecule has 0 unspecified atom stereocenters. The second-order valence-electron chi connectivity index (χ2n) is 6.81. The molecule has 0 aromatic carbocycles. The lowest BCUT2D eigenvalue weighted by molar-refractivity contribution is 0.168. The van der Waals surface area contributed by atoms with Crippen molar-refractivity contribution in [2.24, 2.45) is 7.05 Å². The summed E-state index contributed by atoms with van der Waals surface area (Å²) in [6.45, 7) is 4.15. The van der Waals surface area contributed by atoms with E-state index >= 15 is 0 Å². The largest absolute Gasteiger partial charge is 0.465 e. The maximum Gasteiger partial charge on any atom is 0.118 e. The van der Waals surface area contributed by atoms with Gasteiger partial charge in [-0.25, -0.2) is 0 Å². The van der Waals surface area contributed by atoms with E-state index in [1.165, 1.54) is 12.0 Å². The van der Waals surface area contributed by atoms with E-state index < -0.39 is 0 Å². The minimum absolute atomic E-state index is 0.504. The Bertz CT molecular complexity index is 631. The number of likely N-dealkylation sites (tertiary alicyclic amines) is 1. The molecule has 0 saturated carbocycles. The molecule has 1 aliphatic heterocycles. The molecular formula is C18H28N4O. The number of likely N-dealkylation sites (N-methyl/N-ethyl adjacent to an activating group) is 1. The zero-order chi connectivity index (χ0) is 16.4. The molecule has 2 aromatic heterocycles. The minimum atomic E-state index is 0.504. The van der Waals surface area contributed by atoms with Crippen LogP contribution in [0.1, 0.15) is 30.4 Å². The Kier molecular flexibility index (Phi) is 4.87. The molecule has 1 aliphatic rings. The summed E-state index contributed by atoms with van der Waals surface area (Å²) in [6.07, 6.45) is 7.33. The van der Waals surface area contributed by atoms with Crippen LogP contribution in [-0.4, -0.2) is 52.3 Å². The number of hydrogen-bond donors (Lipinski definition) is 0. The van der Waals surface area contributed by atoms with Gasteiger partial charge in [-0.1, -0.05) is 6.92 Å². The van der Waals surface area contributed by atoms with Crippen LogP contribution in [0.3, 0.4) is 0 Å². The third-order valence-electron chi connectivity index (χ3n) is 4.92. The van der Waals surface area contributed by atoms with E-state index in [0.29, 0.717) is 12.1 Å². The first kappa shape index (κ1) is 16.3. The third-order valence-corrected chi connectivity index (χ3v) is 4.92. The number of aromatic nitrogens is 2. The zero-order valence-corrected chi connectivity index (χ0v) is 14.7. The Morgan fingerprint density at radius 2 is 2.09 bits per heavy atom. The Labute approximate surface area is 138 Å². The van der Waals surface area contributed by atoms with Gasteiger partial charge in [-0.05, 0) is 44.6 Å². The van der Waals surface area contributed by atoms with E-state index in [4.69, 9.17) is 4.42 Å². The van der Waals surface area contributed by atoms with Crippen molar-refractivity contribution in [2.75, 3.05) is 20.6 Å². The number of nitrogens with zero attached hydrogens (tertiary/aromatic N) is 4. The first-order valence-corrected chi connectivity index (χ1v) is 8.52. The smallest absolute Gasteiger partial charge is 0.118 e. The van der Waals surface area contributed by atoms with E-state index in [1.54, 1.807) is 0 Å². The second kappa shape index (κ2) is 6.89. The van der Waals surface area contributed by atoms with Gasteiger partial charge in [-0.2, -0.15) is 5.10 Å². The molecule has 0 N–H and O–H groups in total. The van der Waals surface area contributed by atoms with Crippen LogP contribution in [0.15, 0.2) is 28.9 Å². The Balaban J connectivity index is 1.74. The van der Waals surface area contributed by atoms with Crippen LogP contribution >= 0.6 is 0 Å². The molecule has 1 saturated heterocycles. The molecular weight excluding hydrogens is 288 g/mol. The topological polar surface area (TPSA) is 37.4 Å². The van der Waals surface area contributed by atoms with Gasteiger partial charge >= 0.3 is 0 Å². The number of furan rings is 1. The SMILES string of the molecule is CCc1ccc(CN2CC[C@@H](N(C)C)[C@@H]2Cc2cnn(C)c2)o1. The summed E-state index contributed by atoms with van der Waals surface area (Å²) in [6, 6.07) is 5.31. The highest BCUT2D eigenvalue weighted by molar-refractivity contribution is 5.11. The normalized spacial score (nSPS) is 22.3. The molecule has 2 aromatic rings. The maximum atomic E-state index is 5.92. The van der Waals surface area contributed by atoms with Crippen LogP contribution in [0.5, 0.6) is 0 Å². The fraction of sp³-hybridized carbons (Fsp3) is 0.611. The van der Waals surface area contributed by atoms with Crippen LogP contribution < -0.4 is 0 Å². The summed E-state index contributed by atoms with van der Waals surface area (Å²) in [5, 5.41) is 4.32. The Morgan fingerprint density at radius 3 is 2.70 bits per heavy atom. The molecule has 0 bridgehead atoms. The molecule has 126 valence electrons. The van der Waals surface area contributed by atoms with E-state index in [1.807, 2.05) is 17.9 Å². The lowest BCUT2D eigenvalue weighted by Gasteiger charge is -2.31. The van der Waals surface area contributed by atoms with E-state index in [9.17, 15) is 0 Å². The molecule has 2 atom stereocenters. The fourth-order valence-corrected chi connectivity index (χ4v) is 3.68. The molecule has 0 spiro atoms. The van der Waals surface area contributed by atoms with Gasteiger partial charge in [0, 0.05) is 38.3 Å². The van der Waals surface area contributed by atoms with Crippen molar-refractivity contribution in [3.63, 3.8) is 0 Å². The summed E-state index contributed by atoms with van der Waals surface area (Å²) in [5.74, 6) is 2.16. The first-order valence-electron chi connectivity index (χ1n) is 8.52. The Hall–Kier alpha value is -1.59. The highest BCUT2D eigenvalue weighted by atomic mass is 16.3. The fourth-order valence-electron chi connectivity index (χ4n) is 3.68. The lowest BCUT2D eigenvalue weighted by Crippen LogP contribution is -2.43. The van der Waals surface area contributed by atoms with Gasteiger partial charge in [0.15, 0.2) is 0 Å². The van der Waals surface area contributed by atoms with Crippen molar-refractivity contribution in [2.45, 2.75) is 44.8 Å². The van der Waals surface area contributed by atoms with Crippen molar-refractivity contribution in [3.8, 4) is 0 Å². The molecule has 3 rings (SSSR count). The van der Waals surface area contributed by atoms with Gasteiger partial charge in [0.25, 0.3) is 0 Å². The number of aryl methyl sites for hydroxylation is 2. The van der Waals surface area contributed by atoms with E-state index in [2.05, 4.69) is 54.2 Å². The van der Waals surface area contributed by atoms with Crippen LogP contribution in [-0.2, 0) is 26.4 Å². The zero-order valence-electron chi connectivity index (χ0n) is 14.7. The monoisotopic (exact) mass is 316 g/mol. The van der Waals surface area contributed by atoms with Crippen LogP contribution in [0, 0.1) is 0 Å². The highest BCUT2D eigenvalue weighted by Crippen LogP contribution is 2.27. The van der Waals surface area contributed by atoms with E-state index in [0.717, 1.165) is 37.5 Å².